The number of nitrogens with one attached hydrogen (secondary N) is 1. The fraction of sp³-hybridized carbons (Fsp3) is 0.615. The molecule has 6 nitrogen and oxygen atoms in total. The van der Waals surface area contributed by atoms with Crippen molar-refractivity contribution in [2.24, 2.45) is 0 Å². The fourth-order valence-electron chi connectivity index (χ4n) is 1.77. The molecule has 1 aromatic heterocycles. The van der Waals surface area contributed by atoms with Gasteiger partial charge in [-0.1, -0.05) is 0 Å². The van der Waals surface area contributed by atoms with E-state index in [0.717, 1.165) is 0 Å². The van der Waals surface area contributed by atoms with Gasteiger partial charge in [0.2, 0.25) is 0 Å². The lowest BCUT2D eigenvalue weighted by molar-refractivity contribution is -0.137. The molecule has 0 unspecified atom stereocenters. The molecule has 0 bridgehead atoms. The van der Waals surface area contributed by atoms with Gasteiger partial charge in [0.05, 0.1) is 6.42 Å². The summed E-state index contributed by atoms with van der Waals surface area (Å²) in [6.07, 6.45) is 3.06. The highest BCUT2D eigenvalue weighted by molar-refractivity contribution is 5.69. The Hall–Kier alpha value is -1.85. The quantitative estimate of drug-likeness (QED) is 0.866. The van der Waals surface area contributed by atoms with E-state index in [1.807, 2.05) is 20.8 Å². The van der Waals surface area contributed by atoms with Crippen LogP contribution in [0.2, 0.25) is 0 Å². The molecule has 0 aliphatic heterocycles. The normalized spacial score (nSPS) is 12.3. The number of aromatic nitrogens is 2. The molecule has 0 saturated heterocycles. The first kappa shape index (κ1) is 15.2. The van der Waals surface area contributed by atoms with E-state index in [-0.39, 0.29) is 23.3 Å². The molecule has 0 saturated carbocycles. The zero-order valence-electron chi connectivity index (χ0n) is 12.0. The van der Waals surface area contributed by atoms with E-state index in [9.17, 15) is 9.59 Å². The molecule has 1 aromatic rings. The minimum absolute atomic E-state index is 0.0987. The summed E-state index contributed by atoms with van der Waals surface area (Å²) in [7, 11) is 0. The van der Waals surface area contributed by atoms with E-state index < -0.39 is 11.5 Å². The third-order valence-electron chi connectivity index (χ3n) is 2.61. The van der Waals surface area contributed by atoms with Crippen LogP contribution < -0.4 is 10.9 Å². The predicted octanol–water partition coefficient (Wildman–Crippen LogP) is 1.66. The van der Waals surface area contributed by atoms with Gasteiger partial charge in [0.15, 0.2) is 5.82 Å². The summed E-state index contributed by atoms with van der Waals surface area (Å²) < 4.78 is 1.57. The van der Waals surface area contributed by atoms with Crippen molar-refractivity contribution in [3.8, 4) is 0 Å². The second kappa shape index (κ2) is 5.03. The first-order chi connectivity index (χ1) is 8.53. The maximum absolute atomic E-state index is 12.3. The first-order valence-corrected chi connectivity index (χ1v) is 6.11. The molecule has 1 rings (SSSR count). The van der Waals surface area contributed by atoms with Gasteiger partial charge in [0.1, 0.15) is 0 Å². The smallest absolute Gasteiger partial charge is 0.305 e. The largest absolute Gasteiger partial charge is 0.481 e. The summed E-state index contributed by atoms with van der Waals surface area (Å²) in [4.78, 5) is 27.0. The Bertz CT molecular complexity index is 527. The monoisotopic (exact) mass is 267 g/mol. The van der Waals surface area contributed by atoms with E-state index >= 15 is 0 Å². The van der Waals surface area contributed by atoms with Crippen LogP contribution in [0.25, 0.3) is 0 Å². The van der Waals surface area contributed by atoms with Crippen molar-refractivity contribution in [1.82, 2.24) is 9.55 Å². The van der Waals surface area contributed by atoms with Crippen LogP contribution in [0.3, 0.4) is 0 Å². The average molecular weight is 267 g/mol. The van der Waals surface area contributed by atoms with E-state index in [2.05, 4.69) is 10.3 Å². The molecule has 1 heterocycles. The maximum Gasteiger partial charge on any atom is 0.305 e. The minimum atomic E-state index is -0.926. The van der Waals surface area contributed by atoms with Crippen LogP contribution in [-0.4, -0.2) is 26.2 Å². The van der Waals surface area contributed by atoms with E-state index in [1.54, 1.807) is 24.6 Å². The summed E-state index contributed by atoms with van der Waals surface area (Å²) in [5, 5.41) is 11.7. The van der Waals surface area contributed by atoms with Crippen LogP contribution >= 0.6 is 0 Å². The molecular weight excluding hydrogens is 246 g/mol. The van der Waals surface area contributed by atoms with Crippen LogP contribution in [-0.2, 0) is 10.3 Å². The number of nitrogens with zero attached hydrogens (tertiary/aromatic N) is 2. The van der Waals surface area contributed by atoms with Crippen molar-refractivity contribution >= 4 is 11.8 Å². The Balaban J connectivity index is 3.11. The van der Waals surface area contributed by atoms with Gasteiger partial charge in [-0.25, -0.2) is 4.98 Å². The Morgan fingerprint density at radius 2 is 1.95 bits per heavy atom. The Kier molecular flexibility index (Phi) is 4.03. The molecule has 106 valence electrons. The molecule has 0 fully saturated rings. The van der Waals surface area contributed by atoms with Gasteiger partial charge in [-0.2, -0.15) is 0 Å². The van der Waals surface area contributed by atoms with Crippen molar-refractivity contribution in [3.63, 3.8) is 0 Å². The van der Waals surface area contributed by atoms with Crippen LogP contribution in [0.1, 0.15) is 41.0 Å². The number of aliphatic carboxylic acids is 1. The van der Waals surface area contributed by atoms with Crippen LogP contribution in [0.15, 0.2) is 17.2 Å². The van der Waals surface area contributed by atoms with Crippen molar-refractivity contribution < 1.29 is 9.90 Å². The molecule has 0 radical (unpaired) electrons. The number of anilines is 1. The summed E-state index contributed by atoms with van der Waals surface area (Å²) in [6, 6.07) is 0. The Morgan fingerprint density at radius 3 is 2.42 bits per heavy atom. The average Bonchev–Trinajstić information content (AvgIpc) is 2.16. The fourth-order valence-corrected chi connectivity index (χ4v) is 1.77. The van der Waals surface area contributed by atoms with Gasteiger partial charge < -0.3 is 15.0 Å². The number of carboxylic acids is 1. The highest BCUT2D eigenvalue weighted by Gasteiger charge is 2.24. The zero-order chi connectivity index (χ0) is 14.8. The second-order valence-corrected chi connectivity index (χ2v) is 6.20. The lowest BCUT2D eigenvalue weighted by Crippen LogP contribution is -2.40. The summed E-state index contributed by atoms with van der Waals surface area (Å²) in [6.45, 7) is 9.19. The highest BCUT2D eigenvalue weighted by atomic mass is 16.4. The molecule has 6 heteroatoms. The van der Waals surface area contributed by atoms with Crippen LogP contribution in [0.4, 0.5) is 5.82 Å². The number of rotatable bonds is 4. The molecule has 19 heavy (non-hydrogen) atoms. The van der Waals surface area contributed by atoms with Gasteiger partial charge in [0.25, 0.3) is 5.56 Å². The maximum atomic E-state index is 12.3. The van der Waals surface area contributed by atoms with E-state index in [1.165, 1.54) is 6.20 Å². The van der Waals surface area contributed by atoms with E-state index in [4.69, 9.17) is 5.11 Å². The second-order valence-electron chi connectivity index (χ2n) is 6.20. The lowest BCUT2D eigenvalue weighted by atomic mass is 10.0. The first-order valence-electron chi connectivity index (χ1n) is 6.11. The third-order valence-corrected chi connectivity index (χ3v) is 2.61. The number of carboxylic acid groups (broad SMARTS) is 1. The van der Waals surface area contributed by atoms with Gasteiger partial charge in [0, 0.05) is 23.5 Å². The van der Waals surface area contributed by atoms with Crippen molar-refractivity contribution in [2.45, 2.75) is 52.1 Å². The lowest BCUT2D eigenvalue weighted by Gasteiger charge is -2.27. The molecule has 0 amide bonds. The van der Waals surface area contributed by atoms with Gasteiger partial charge in [-0.3, -0.25) is 9.59 Å². The van der Waals surface area contributed by atoms with Crippen LogP contribution in [0, 0.1) is 0 Å². The summed E-state index contributed by atoms with van der Waals surface area (Å²) in [5.41, 5.74) is -1.35. The Morgan fingerprint density at radius 1 is 1.37 bits per heavy atom. The molecule has 0 atom stereocenters. The van der Waals surface area contributed by atoms with Crippen molar-refractivity contribution in [3.05, 3.63) is 22.7 Å². The van der Waals surface area contributed by atoms with Crippen LogP contribution in [0.5, 0.6) is 0 Å². The minimum Gasteiger partial charge on any atom is -0.481 e. The zero-order valence-corrected chi connectivity index (χ0v) is 12.0. The topological polar surface area (TPSA) is 84.2 Å². The third kappa shape index (κ3) is 4.08. The standard InChI is InChI=1S/C13H21N3O3/c1-12(2,3)16-7-6-14-10(11(16)19)15-13(4,5)8-9(17)18/h6-7H,8H2,1-5H3,(H,14,15)(H,17,18). The van der Waals surface area contributed by atoms with E-state index in [0.29, 0.717) is 0 Å². The number of hydrogen-bond acceptors (Lipinski definition) is 4. The SMILES string of the molecule is CC(C)(CC(=O)O)Nc1nccn(C(C)(C)C)c1=O. The molecule has 2 N–H and O–H groups in total. The number of carbonyl (C=O) groups is 1. The highest BCUT2D eigenvalue weighted by Crippen LogP contribution is 2.15. The Labute approximate surface area is 112 Å². The van der Waals surface area contributed by atoms with Gasteiger partial charge in [-0.05, 0) is 34.6 Å². The number of hydrogen-bond donors (Lipinski definition) is 2. The van der Waals surface area contributed by atoms with Crippen molar-refractivity contribution in [2.75, 3.05) is 5.32 Å². The molecule has 0 aliphatic carbocycles. The predicted molar refractivity (Wildman–Crippen MR) is 73.4 cm³/mol. The molecule has 0 aliphatic rings. The summed E-state index contributed by atoms with van der Waals surface area (Å²) >= 11 is 0. The van der Waals surface area contributed by atoms with Gasteiger partial charge >= 0.3 is 5.97 Å². The molecule has 0 aromatic carbocycles. The van der Waals surface area contributed by atoms with Crippen molar-refractivity contribution in [1.29, 1.82) is 0 Å². The summed E-state index contributed by atoms with van der Waals surface area (Å²) in [5.74, 6) is -0.756. The molecule has 0 spiro atoms. The van der Waals surface area contributed by atoms with Gasteiger partial charge in [-0.15, -0.1) is 0 Å². The molecular formula is C13H21N3O3.